The van der Waals surface area contributed by atoms with Crippen molar-refractivity contribution in [2.45, 2.75) is 19.0 Å². The van der Waals surface area contributed by atoms with Crippen molar-refractivity contribution < 1.29 is 27.4 Å². The van der Waals surface area contributed by atoms with E-state index in [2.05, 4.69) is 4.74 Å². The molecule has 0 radical (unpaired) electrons. The van der Waals surface area contributed by atoms with Crippen LogP contribution in [0.2, 0.25) is 5.02 Å². The van der Waals surface area contributed by atoms with E-state index >= 15 is 0 Å². The number of carbonyl (C=O) groups is 1. The number of esters is 1. The van der Waals surface area contributed by atoms with Crippen LogP contribution in [0, 0.1) is 10.8 Å². The highest BCUT2D eigenvalue weighted by molar-refractivity contribution is 8.13. The highest BCUT2D eigenvalue weighted by Gasteiger charge is 2.31. The van der Waals surface area contributed by atoms with E-state index in [-0.39, 0.29) is 28.2 Å². The number of hydrogen-bond acceptors (Lipinski definition) is 6. The topological polar surface area (TPSA) is 83.2 Å². The van der Waals surface area contributed by atoms with Crippen molar-refractivity contribution >= 4 is 40.5 Å². The molecule has 0 atom stereocenters. The van der Waals surface area contributed by atoms with E-state index in [1.165, 1.54) is 7.11 Å². The molecule has 0 saturated heterocycles. The average Bonchev–Trinajstić information content (AvgIpc) is 2.50. The maximum absolute atomic E-state index is 12.6. The fraction of sp³-hybridized carbons (Fsp3) is 0.357. The molecule has 0 fully saturated rings. The second-order valence-corrected chi connectivity index (χ2v) is 5.91. The third kappa shape index (κ3) is 6.40. The predicted octanol–water partition coefficient (Wildman–Crippen LogP) is 4.32. The number of thioether (sulfide) groups is 1. The van der Waals surface area contributed by atoms with Crippen LogP contribution in [0.15, 0.2) is 18.2 Å². The van der Waals surface area contributed by atoms with Gasteiger partial charge in [-0.05, 0) is 24.6 Å². The lowest BCUT2D eigenvalue weighted by Gasteiger charge is -2.11. The van der Waals surface area contributed by atoms with Crippen molar-refractivity contribution in [3.8, 4) is 0 Å². The van der Waals surface area contributed by atoms with Crippen molar-refractivity contribution in [1.82, 2.24) is 0 Å². The highest BCUT2D eigenvalue weighted by Crippen LogP contribution is 2.32. The zero-order valence-electron chi connectivity index (χ0n) is 12.5. The summed E-state index contributed by atoms with van der Waals surface area (Å²) in [5.41, 5.74) is -0.985. The van der Waals surface area contributed by atoms with Crippen molar-refractivity contribution in [2.75, 3.05) is 12.9 Å². The van der Waals surface area contributed by atoms with Gasteiger partial charge in [0, 0.05) is 12.2 Å². The summed E-state index contributed by atoms with van der Waals surface area (Å²) in [6, 6.07) is 2.50. The molecule has 0 heterocycles. The molecule has 132 valence electrons. The van der Waals surface area contributed by atoms with Gasteiger partial charge in [-0.1, -0.05) is 23.4 Å². The summed E-state index contributed by atoms with van der Waals surface area (Å²) < 4.78 is 47.0. The predicted molar refractivity (Wildman–Crippen MR) is 85.8 cm³/mol. The molecule has 0 aliphatic carbocycles. The first kappa shape index (κ1) is 20.3. The Morgan fingerprint density at radius 1 is 1.33 bits per heavy atom. The van der Waals surface area contributed by atoms with Crippen LogP contribution in [-0.2, 0) is 20.4 Å². The molecule has 0 aliphatic heterocycles. The van der Waals surface area contributed by atoms with Gasteiger partial charge in [0.15, 0.2) is 0 Å². The molecule has 0 saturated carbocycles. The van der Waals surface area contributed by atoms with Gasteiger partial charge in [-0.2, -0.15) is 13.2 Å². The Morgan fingerprint density at radius 3 is 2.54 bits per heavy atom. The molecule has 1 aromatic rings. The normalized spacial score (nSPS) is 11.0. The number of nitrogens with one attached hydrogen (secondary N) is 2. The van der Waals surface area contributed by atoms with Crippen LogP contribution in [0.5, 0.6) is 0 Å². The van der Waals surface area contributed by atoms with E-state index in [1.54, 1.807) is 0 Å². The van der Waals surface area contributed by atoms with Gasteiger partial charge in [0.2, 0.25) is 11.1 Å². The zero-order chi connectivity index (χ0) is 18.3. The number of alkyl halides is 3. The number of hydrogen-bond donors (Lipinski definition) is 2. The third-order valence-electron chi connectivity index (χ3n) is 2.72. The number of rotatable bonds is 5. The lowest BCUT2D eigenvalue weighted by molar-refractivity contribution is -0.140. The minimum atomic E-state index is -4.53. The van der Waals surface area contributed by atoms with Crippen molar-refractivity contribution in [1.29, 1.82) is 10.8 Å². The summed E-state index contributed by atoms with van der Waals surface area (Å²) in [7, 11) is 1.27. The van der Waals surface area contributed by atoms with E-state index in [9.17, 15) is 18.0 Å². The Hall–Kier alpha value is -1.74. The Morgan fingerprint density at radius 2 is 2.00 bits per heavy atom. The molecule has 5 nitrogen and oxygen atoms in total. The molecule has 0 spiro atoms. The Bertz CT molecular complexity index is 638. The van der Waals surface area contributed by atoms with Crippen molar-refractivity contribution in [3.63, 3.8) is 0 Å². The van der Waals surface area contributed by atoms with Gasteiger partial charge in [0.1, 0.15) is 0 Å². The molecule has 24 heavy (non-hydrogen) atoms. The van der Waals surface area contributed by atoms with Gasteiger partial charge in [-0.15, -0.1) is 0 Å². The first-order valence-corrected chi connectivity index (χ1v) is 7.93. The van der Waals surface area contributed by atoms with Crippen LogP contribution < -0.4 is 0 Å². The summed E-state index contributed by atoms with van der Waals surface area (Å²) in [6.45, 7) is 0. The van der Waals surface area contributed by atoms with E-state index in [0.717, 1.165) is 23.9 Å². The van der Waals surface area contributed by atoms with E-state index in [0.29, 0.717) is 18.2 Å². The van der Waals surface area contributed by atoms with Crippen molar-refractivity contribution in [2.24, 2.45) is 0 Å². The maximum Gasteiger partial charge on any atom is 0.416 e. The van der Waals surface area contributed by atoms with Gasteiger partial charge >= 0.3 is 12.1 Å². The van der Waals surface area contributed by atoms with Gasteiger partial charge in [0.25, 0.3) is 0 Å². The minimum Gasteiger partial charge on any atom is -0.469 e. The van der Waals surface area contributed by atoms with Gasteiger partial charge in [-0.3, -0.25) is 15.6 Å². The Labute approximate surface area is 145 Å². The van der Waals surface area contributed by atoms with E-state index < -0.39 is 17.6 Å². The number of ether oxygens (including phenoxy) is 2. The van der Waals surface area contributed by atoms with Crippen LogP contribution in [0.1, 0.15) is 24.0 Å². The molecule has 1 rings (SSSR count). The quantitative estimate of drug-likeness (QED) is 0.344. The van der Waals surface area contributed by atoms with Gasteiger partial charge in [0.05, 0.1) is 23.3 Å². The molecule has 2 N–H and O–H groups in total. The largest absolute Gasteiger partial charge is 0.469 e. The van der Waals surface area contributed by atoms with Crippen LogP contribution in [-0.4, -0.2) is 30.0 Å². The molecule has 0 aromatic heterocycles. The molecule has 0 aliphatic rings. The van der Waals surface area contributed by atoms with Crippen LogP contribution in [0.25, 0.3) is 0 Å². The van der Waals surface area contributed by atoms with Crippen molar-refractivity contribution in [3.05, 3.63) is 34.3 Å². The second-order valence-electron chi connectivity index (χ2n) is 4.44. The summed E-state index contributed by atoms with van der Waals surface area (Å²) in [5, 5.41) is 14.6. The molecule has 0 bridgehead atoms. The van der Waals surface area contributed by atoms with E-state index in [1.807, 2.05) is 0 Å². The summed E-state index contributed by atoms with van der Waals surface area (Å²) in [6.07, 6.45) is -3.89. The fourth-order valence-electron chi connectivity index (χ4n) is 1.54. The second kappa shape index (κ2) is 8.93. The molecule has 1 aromatic carbocycles. The van der Waals surface area contributed by atoms with E-state index in [4.69, 9.17) is 27.2 Å². The summed E-state index contributed by atoms with van der Waals surface area (Å²) in [5.74, 6) is -0.506. The number of benzene rings is 1. The monoisotopic (exact) mass is 382 g/mol. The van der Waals surface area contributed by atoms with Crippen LogP contribution in [0.4, 0.5) is 13.2 Å². The molecule has 10 heteroatoms. The summed E-state index contributed by atoms with van der Waals surface area (Å²) in [4.78, 5) is 10.9. The Balaban J connectivity index is 2.56. The SMILES string of the molecule is COC(=O)CCCSC(=N)OC(=N)c1ccc(C(F)(F)F)cc1Cl. The molecule has 0 amide bonds. The fourth-order valence-corrected chi connectivity index (χ4v) is 2.42. The van der Waals surface area contributed by atoms with Crippen LogP contribution in [0.3, 0.4) is 0 Å². The first-order valence-electron chi connectivity index (χ1n) is 6.57. The number of methoxy groups -OCH3 is 1. The molecular weight excluding hydrogens is 369 g/mol. The lowest BCUT2D eigenvalue weighted by Crippen LogP contribution is -2.12. The lowest BCUT2D eigenvalue weighted by atomic mass is 10.1. The first-order chi connectivity index (χ1) is 11.1. The highest BCUT2D eigenvalue weighted by atomic mass is 35.5. The molecule has 0 unspecified atom stereocenters. The molecular formula is C14H14ClF3N2O3S. The zero-order valence-corrected chi connectivity index (χ0v) is 14.1. The third-order valence-corrected chi connectivity index (χ3v) is 3.87. The van der Waals surface area contributed by atoms with Crippen LogP contribution >= 0.6 is 23.4 Å². The Kier molecular flexibility index (Phi) is 7.56. The van der Waals surface area contributed by atoms with Gasteiger partial charge < -0.3 is 9.47 Å². The average molecular weight is 383 g/mol. The standard InChI is InChI=1S/C14H14ClF3N2O3S/c1-22-11(21)3-2-6-24-13(20)23-12(19)9-5-4-8(7-10(9)15)14(16,17)18/h4-5,7,19-20H,2-3,6H2,1H3. The minimum absolute atomic E-state index is 0.0513. The summed E-state index contributed by atoms with van der Waals surface area (Å²) >= 11 is 6.70. The number of halogens is 4. The number of carbonyl (C=O) groups excluding carboxylic acids is 1. The maximum atomic E-state index is 12.6. The smallest absolute Gasteiger partial charge is 0.416 e. The van der Waals surface area contributed by atoms with Gasteiger partial charge in [-0.25, -0.2) is 0 Å².